The van der Waals surface area contributed by atoms with Crippen LogP contribution in [0.3, 0.4) is 0 Å². The first-order chi connectivity index (χ1) is 4.00. The molecule has 11 heavy (non-hydrogen) atoms. The smallest absolute Gasteiger partial charge is 0.822 e. The summed E-state index contributed by atoms with van der Waals surface area (Å²) in [5.41, 5.74) is 0. The minimum atomic E-state index is -5.39. The Morgan fingerprint density at radius 2 is 0.909 bits per heavy atom. The zero-order valence-electron chi connectivity index (χ0n) is 4.61. The van der Waals surface area contributed by atoms with Crippen LogP contribution in [0.2, 0.25) is 0 Å². The van der Waals surface area contributed by atoms with E-state index in [9.17, 15) is 0 Å². The summed E-state index contributed by atoms with van der Waals surface area (Å²) < 4.78 is 17.4. The van der Waals surface area contributed by atoms with Gasteiger partial charge in [0.15, 0.2) is 0 Å². The van der Waals surface area contributed by atoms with Crippen molar-refractivity contribution in [2.45, 2.75) is 0 Å². The molecule has 0 bridgehead atoms. The minimum Gasteiger partial charge on any atom is -0.822 e. The van der Waals surface area contributed by atoms with Crippen molar-refractivity contribution in [1.82, 2.24) is 0 Å². The molecule has 0 fully saturated rings. The average Bonchev–Trinajstić information content (AvgIpc) is 1.12. The number of hydrogen-bond donors (Lipinski definition) is 3. The molecule has 0 saturated carbocycles. The predicted molar refractivity (Wildman–Crippen MR) is 21.9 cm³/mol. The number of phosphoric acid groups is 2. The van der Waals surface area contributed by atoms with Gasteiger partial charge in [0.1, 0.15) is 0 Å². The van der Waals surface area contributed by atoms with Gasteiger partial charge in [0, 0.05) is 0 Å². The molecule has 0 saturated heterocycles. The Morgan fingerprint density at radius 1 is 0.909 bits per heavy atom. The maximum atomic E-state index is 8.88. The summed E-state index contributed by atoms with van der Waals surface area (Å²) in [6.45, 7) is 0. The fraction of sp³-hybridized carbons (Fsp3) is 0. The summed E-state index contributed by atoms with van der Waals surface area (Å²) >= 11 is 0. The van der Waals surface area contributed by atoms with Crippen molar-refractivity contribution in [2.24, 2.45) is 0 Å². The summed E-state index contributed by atoms with van der Waals surface area (Å²) in [5, 5.41) is 0. The van der Waals surface area contributed by atoms with Crippen molar-refractivity contribution in [3.8, 4) is 0 Å². The van der Waals surface area contributed by atoms with E-state index in [0.717, 1.165) is 0 Å². The fourth-order valence-corrected chi connectivity index (χ4v) is 0. The quantitative estimate of drug-likeness (QED) is 0.303. The van der Waals surface area contributed by atoms with Crippen LogP contribution < -0.4 is 14.7 Å². The summed E-state index contributed by atoms with van der Waals surface area (Å²) in [7, 11) is -10.0. The third-order valence-corrected chi connectivity index (χ3v) is 0. The van der Waals surface area contributed by atoms with Gasteiger partial charge in [-0.15, -0.1) is 0 Å². The van der Waals surface area contributed by atoms with Gasteiger partial charge in [-0.25, -0.2) is 4.57 Å². The van der Waals surface area contributed by atoms with E-state index in [1.165, 1.54) is 0 Å². The molecule has 11 heteroatoms. The first-order valence-corrected chi connectivity index (χ1v) is 4.54. The molecule has 0 rings (SSSR count). The van der Waals surface area contributed by atoms with Crippen molar-refractivity contribution in [3.05, 3.63) is 0 Å². The molecule has 3 N–H and O–H groups in total. The Balaban J connectivity index is -0.000000107. The minimum absolute atomic E-state index is 0. The van der Waals surface area contributed by atoms with Gasteiger partial charge in [-0.1, -0.05) is 0 Å². The molecule has 0 radical (unpaired) electrons. The van der Waals surface area contributed by atoms with Gasteiger partial charge < -0.3 is 33.9 Å². The van der Waals surface area contributed by atoms with E-state index in [2.05, 4.69) is 0 Å². The zero-order chi connectivity index (χ0) is 9.00. The second kappa shape index (κ2) is 6.37. The fourth-order valence-electron chi connectivity index (χ4n) is 0. The summed E-state index contributed by atoms with van der Waals surface area (Å²) in [5.74, 6) is 0. The molecular formula is H3O8P2Rh. The van der Waals surface area contributed by atoms with Crippen molar-refractivity contribution >= 4 is 15.6 Å². The standard InChI is InChI=1S/2H3O4P.Rh/c2*1-5(2,3)4;/h2*(H3,1,2,3,4);/q;;+3/p-3. The van der Waals surface area contributed by atoms with Crippen LogP contribution >= 0.6 is 15.6 Å². The van der Waals surface area contributed by atoms with E-state index in [1.54, 1.807) is 0 Å². The van der Waals surface area contributed by atoms with Crippen LogP contribution in [0.15, 0.2) is 0 Å². The van der Waals surface area contributed by atoms with Gasteiger partial charge in [0.25, 0.3) is 0 Å². The predicted octanol–water partition coefficient (Wildman–Crippen LogP) is -3.76. The molecule has 8 nitrogen and oxygen atoms in total. The zero-order valence-corrected chi connectivity index (χ0v) is 8.04. The third-order valence-electron chi connectivity index (χ3n) is 0. The first-order valence-electron chi connectivity index (χ1n) is 1.51. The molecule has 0 aromatic rings. The van der Waals surface area contributed by atoms with Crippen LogP contribution in [-0.4, -0.2) is 14.7 Å². The largest absolute Gasteiger partial charge is 3.00 e. The first kappa shape index (κ1) is 17.8. The van der Waals surface area contributed by atoms with Gasteiger partial charge in [-0.2, -0.15) is 7.82 Å². The molecule has 70 valence electrons. The van der Waals surface area contributed by atoms with Gasteiger partial charge >= 0.3 is 27.3 Å². The molecule has 0 aromatic carbocycles. The molecule has 0 aliphatic heterocycles. The maximum absolute atomic E-state index is 8.88. The van der Waals surface area contributed by atoms with Gasteiger partial charge in [-0.05, 0) is 0 Å². The van der Waals surface area contributed by atoms with Gasteiger partial charge in [0.2, 0.25) is 0 Å². The summed E-state index contributed by atoms with van der Waals surface area (Å²) in [4.78, 5) is 47.2. The summed E-state index contributed by atoms with van der Waals surface area (Å²) in [6.07, 6.45) is 0. The van der Waals surface area contributed by atoms with Gasteiger partial charge in [-0.3, -0.25) is 0 Å². The topological polar surface area (TPSA) is 164 Å². The maximum Gasteiger partial charge on any atom is 3.00 e. The van der Waals surface area contributed by atoms with E-state index in [0.29, 0.717) is 0 Å². The SMILES string of the molecule is O=P(O)(O)O.O=P([O-])([O-])[O-].[Rh+3]. The molecule has 0 aliphatic carbocycles. The molecular weight excluding hydrogens is 293 g/mol. The van der Waals surface area contributed by atoms with Gasteiger partial charge in [0.05, 0.1) is 0 Å². The average molecular weight is 296 g/mol. The van der Waals surface area contributed by atoms with E-state index in [1.807, 2.05) is 0 Å². The van der Waals surface area contributed by atoms with Crippen LogP contribution in [0.4, 0.5) is 0 Å². The second-order valence-corrected chi connectivity index (χ2v) is 2.88. The molecule has 0 unspecified atom stereocenters. The van der Waals surface area contributed by atoms with E-state index >= 15 is 0 Å². The van der Waals surface area contributed by atoms with Crippen molar-refractivity contribution in [1.29, 1.82) is 0 Å². The molecule has 0 atom stereocenters. The Morgan fingerprint density at radius 3 is 0.909 bits per heavy atom. The molecule has 0 aliphatic rings. The van der Waals surface area contributed by atoms with Crippen LogP contribution in [0.25, 0.3) is 0 Å². The molecule has 0 heterocycles. The van der Waals surface area contributed by atoms with Crippen LogP contribution in [0, 0.1) is 0 Å². The monoisotopic (exact) mass is 296 g/mol. The van der Waals surface area contributed by atoms with Crippen molar-refractivity contribution < 1.29 is 58.0 Å². The Hall–Kier alpha value is 0.843. The Bertz CT molecular complexity index is 124. The van der Waals surface area contributed by atoms with Crippen LogP contribution in [-0.2, 0) is 28.6 Å². The van der Waals surface area contributed by atoms with E-state index in [4.69, 9.17) is 38.5 Å². The molecule has 0 aromatic heterocycles. The number of hydrogen-bond acceptors (Lipinski definition) is 5. The van der Waals surface area contributed by atoms with Crippen molar-refractivity contribution in [2.75, 3.05) is 0 Å². The molecule has 0 amide bonds. The Kier molecular flexibility index (Phi) is 10.3. The Labute approximate surface area is 74.1 Å². The van der Waals surface area contributed by atoms with E-state index in [-0.39, 0.29) is 19.5 Å². The van der Waals surface area contributed by atoms with E-state index < -0.39 is 15.6 Å². The summed E-state index contributed by atoms with van der Waals surface area (Å²) in [6, 6.07) is 0. The van der Waals surface area contributed by atoms with Crippen molar-refractivity contribution in [3.63, 3.8) is 0 Å². The normalized spacial score (nSPS) is 10.7. The molecule has 0 spiro atoms. The number of rotatable bonds is 0. The third kappa shape index (κ3) is 1190. The second-order valence-electron chi connectivity index (χ2n) is 0.960. The van der Waals surface area contributed by atoms with Crippen LogP contribution in [0.1, 0.15) is 0 Å². The van der Waals surface area contributed by atoms with Crippen LogP contribution in [0.5, 0.6) is 0 Å².